The van der Waals surface area contributed by atoms with Gasteiger partial charge in [0, 0.05) is 12.7 Å². The van der Waals surface area contributed by atoms with Gasteiger partial charge in [-0.05, 0) is 49.6 Å². The van der Waals surface area contributed by atoms with Crippen LogP contribution in [0.25, 0.3) is 0 Å². The Morgan fingerprint density at radius 3 is 2.89 bits per heavy atom. The van der Waals surface area contributed by atoms with Crippen LogP contribution >= 0.6 is 0 Å². The third-order valence-corrected chi connectivity index (χ3v) is 4.52. The molecule has 7 nitrogen and oxygen atoms in total. The molecule has 3 rings (SSSR count). The number of benzene rings is 1. The molecule has 2 amide bonds. The van der Waals surface area contributed by atoms with Crippen LogP contribution in [0.15, 0.2) is 48.7 Å². The lowest BCUT2D eigenvalue weighted by molar-refractivity contribution is 0.0696. The molecule has 1 aromatic heterocycles. The Morgan fingerprint density at radius 1 is 1.22 bits per heavy atom. The summed E-state index contributed by atoms with van der Waals surface area (Å²) < 4.78 is 5.54. The molecular weight excluding hydrogens is 346 g/mol. The van der Waals surface area contributed by atoms with Crippen LogP contribution in [-0.2, 0) is 0 Å². The molecule has 7 heteroatoms. The molecule has 2 N–H and O–H groups in total. The number of hydrogen-bond acceptors (Lipinski definition) is 4. The van der Waals surface area contributed by atoms with Crippen molar-refractivity contribution in [3.8, 4) is 5.75 Å². The number of ether oxygens (including phenoxy) is 1. The predicted octanol–water partition coefficient (Wildman–Crippen LogP) is 3.10. The Kier molecular flexibility index (Phi) is 6.25. The Balaban J connectivity index is 1.51. The van der Waals surface area contributed by atoms with Gasteiger partial charge in [-0.25, -0.2) is 9.59 Å². The number of aromatic nitrogens is 1. The molecule has 27 heavy (non-hydrogen) atoms. The molecule has 1 unspecified atom stereocenters. The molecule has 0 spiro atoms. The van der Waals surface area contributed by atoms with Crippen molar-refractivity contribution < 1.29 is 19.4 Å². The third-order valence-electron chi connectivity index (χ3n) is 4.52. The first-order chi connectivity index (χ1) is 13.1. The van der Waals surface area contributed by atoms with Gasteiger partial charge in [0.25, 0.3) is 0 Å². The highest BCUT2D eigenvalue weighted by Crippen LogP contribution is 2.29. The zero-order valence-electron chi connectivity index (χ0n) is 15.0. The number of hydrogen-bond donors (Lipinski definition) is 2. The van der Waals surface area contributed by atoms with Crippen molar-refractivity contribution in [2.24, 2.45) is 0 Å². The van der Waals surface area contributed by atoms with Crippen LogP contribution in [0.1, 0.15) is 41.4 Å². The average Bonchev–Trinajstić information content (AvgIpc) is 2.72. The normalized spacial score (nSPS) is 16.6. The van der Waals surface area contributed by atoms with E-state index in [1.165, 1.54) is 12.1 Å². The first-order valence-electron chi connectivity index (χ1n) is 9.07. The molecule has 142 valence electrons. The SMILES string of the molecule is O=C(O)c1cccc(OCCNC(=O)N2CCCCC2c2ccccn2)c1. The van der Waals surface area contributed by atoms with Crippen molar-refractivity contribution in [2.45, 2.75) is 25.3 Å². The number of pyridine rings is 1. The molecule has 1 fully saturated rings. The molecule has 1 atom stereocenters. The van der Waals surface area contributed by atoms with Gasteiger partial charge in [-0.15, -0.1) is 0 Å². The van der Waals surface area contributed by atoms with Gasteiger partial charge in [0.1, 0.15) is 12.4 Å². The molecule has 0 aliphatic carbocycles. The molecule has 2 heterocycles. The Labute approximate surface area is 158 Å². The number of carbonyl (C=O) groups excluding carboxylic acids is 1. The van der Waals surface area contributed by atoms with Crippen molar-refractivity contribution >= 4 is 12.0 Å². The summed E-state index contributed by atoms with van der Waals surface area (Å²) in [5, 5.41) is 11.9. The highest BCUT2D eigenvalue weighted by atomic mass is 16.5. The fraction of sp³-hybridized carbons (Fsp3) is 0.350. The summed E-state index contributed by atoms with van der Waals surface area (Å²) in [6.07, 6.45) is 4.71. The van der Waals surface area contributed by atoms with Gasteiger partial charge in [0.15, 0.2) is 0 Å². The third kappa shape index (κ3) is 4.97. The molecule has 0 saturated carbocycles. The summed E-state index contributed by atoms with van der Waals surface area (Å²) in [6, 6.07) is 11.9. The summed E-state index contributed by atoms with van der Waals surface area (Å²) in [4.78, 5) is 29.8. The van der Waals surface area contributed by atoms with Crippen LogP contribution in [0.5, 0.6) is 5.75 Å². The van der Waals surface area contributed by atoms with Crippen LogP contribution in [0.3, 0.4) is 0 Å². The maximum atomic E-state index is 12.6. The second kappa shape index (κ2) is 9.02. The summed E-state index contributed by atoms with van der Waals surface area (Å²) in [6.45, 7) is 1.30. The fourth-order valence-electron chi connectivity index (χ4n) is 3.20. The van der Waals surface area contributed by atoms with Crippen LogP contribution in [0, 0.1) is 0 Å². The molecule has 1 aliphatic rings. The topological polar surface area (TPSA) is 91.8 Å². The number of amides is 2. The Hall–Kier alpha value is -3.09. The van der Waals surface area contributed by atoms with E-state index >= 15 is 0 Å². The highest BCUT2D eigenvalue weighted by Gasteiger charge is 2.28. The van der Waals surface area contributed by atoms with Crippen LogP contribution in [0.4, 0.5) is 4.79 Å². The molecule has 1 aliphatic heterocycles. The summed E-state index contributed by atoms with van der Waals surface area (Å²) in [7, 11) is 0. The lowest BCUT2D eigenvalue weighted by atomic mass is 9.99. The summed E-state index contributed by atoms with van der Waals surface area (Å²) >= 11 is 0. The minimum atomic E-state index is -1.00. The summed E-state index contributed by atoms with van der Waals surface area (Å²) in [5.41, 5.74) is 1.08. The van der Waals surface area contributed by atoms with Gasteiger partial charge < -0.3 is 20.1 Å². The van der Waals surface area contributed by atoms with E-state index in [1.807, 2.05) is 23.1 Å². The number of carbonyl (C=O) groups is 2. The minimum Gasteiger partial charge on any atom is -0.492 e. The van der Waals surface area contributed by atoms with E-state index in [-0.39, 0.29) is 24.2 Å². The first-order valence-corrected chi connectivity index (χ1v) is 9.07. The molecular formula is C20H23N3O4. The lowest BCUT2D eigenvalue weighted by Gasteiger charge is -2.35. The van der Waals surface area contributed by atoms with Gasteiger partial charge >= 0.3 is 12.0 Å². The fourth-order valence-corrected chi connectivity index (χ4v) is 3.20. The van der Waals surface area contributed by atoms with E-state index in [2.05, 4.69) is 10.3 Å². The Morgan fingerprint density at radius 2 is 2.11 bits per heavy atom. The van der Waals surface area contributed by atoms with Crippen LogP contribution < -0.4 is 10.1 Å². The maximum absolute atomic E-state index is 12.6. The zero-order chi connectivity index (χ0) is 19.1. The number of carboxylic acid groups (broad SMARTS) is 1. The predicted molar refractivity (Wildman–Crippen MR) is 99.8 cm³/mol. The molecule has 1 saturated heterocycles. The number of rotatable bonds is 6. The number of piperidine rings is 1. The average molecular weight is 369 g/mol. The number of aromatic carboxylic acids is 1. The number of urea groups is 1. The van der Waals surface area contributed by atoms with Crippen LogP contribution in [-0.4, -0.2) is 46.7 Å². The Bertz CT molecular complexity index is 782. The minimum absolute atomic E-state index is 0.00637. The van der Waals surface area contributed by atoms with Gasteiger partial charge in [-0.2, -0.15) is 0 Å². The smallest absolute Gasteiger partial charge is 0.335 e. The van der Waals surface area contributed by atoms with Crippen molar-refractivity contribution in [3.63, 3.8) is 0 Å². The van der Waals surface area contributed by atoms with Gasteiger partial charge in [-0.3, -0.25) is 4.98 Å². The van der Waals surface area contributed by atoms with E-state index in [1.54, 1.807) is 18.3 Å². The molecule has 0 radical (unpaired) electrons. The molecule has 1 aromatic carbocycles. The zero-order valence-corrected chi connectivity index (χ0v) is 15.0. The van der Waals surface area contributed by atoms with Crippen LogP contribution in [0.2, 0.25) is 0 Å². The summed E-state index contributed by atoms with van der Waals surface area (Å²) in [5.74, 6) is -0.534. The van der Waals surface area contributed by atoms with E-state index in [4.69, 9.17) is 9.84 Å². The number of nitrogens with one attached hydrogen (secondary N) is 1. The van der Waals surface area contributed by atoms with Crippen molar-refractivity contribution in [3.05, 3.63) is 59.9 Å². The van der Waals surface area contributed by atoms with E-state index in [0.717, 1.165) is 25.0 Å². The number of likely N-dealkylation sites (tertiary alicyclic amines) is 1. The number of carboxylic acids is 1. The number of nitrogens with zero attached hydrogens (tertiary/aromatic N) is 2. The molecule has 2 aromatic rings. The van der Waals surface area contributed by atoms with Crippen molar-refractivity contribution in [1.29, 1.82) is 0 Å². The quantitative estimate of drug-likeness (QED) is 0.764. The van der Waals surface area contributed by atoms with E-state index in [9.17, 15) is 9.59 Å². The monoisotopic (exact) mass is 369 g/mol. The van der Waals surface area contributed by atoms with Crippen molar-refractivity contribution in [2.75, 3.05) is 19.7 Å². The van der Waals surface area contributed by atoms with Gasteiger partial charge in [-0.1, -0.05) is 12.1 Å². The van der Waals surface area contributed by atoms with E-state index in [0.29, 0.717) is 18.8 Å². The maximum Gasteiger partial charge on any atom is 0.335 e. The highest BCUT2D eigenvalue weighted by molar-refractivity contribution is 5.88. The lowest BCUT2D eigenvalue weighted by Crippen LogP contribution is -2.45. The van der Waals surface area contributed by atoms with Gasteiger partial charge in [0.2, 0.25) is 0 Å². The largest absolute Gasteiger partial charge is 0.492 e. The molecule has 0 bridgehead atoms. The van der Waals surface area contributed by atoms with Gasteiger partial charge in [0.05, 0.1) is 23.8 Å². The first kappa shape index (κ1) is 18.7. The standard InChI is InChI=1S/C20H23N3O4/c24-19(25)15-6-5-7-16(14-15)27-13-11-22-20(26)23-12-4-2-9-18(23)17-8-1-3-10-21-17/h1,3,5-8,10,14,18H,2,4,9,11-13H2,(H,22,26)(H,24,25). The second-order valence-electron chi connectivity index (χ2n) is 6.37. The second-order valence-corrected chi connectivity index (χ2v) is 6.37. The van der Waals surface area contributed by atoms with Crippen molar-refractivity contribution in [1.82, 2.24) is 15.2 Å². The van der Waals surface area contributed by atoms with E-state index < -0.39 is 5.97 Å².